The number of aromatic nitrogens is 2. The lowest BCUT2D eigenvalue weighted by Crippen LogP contribution is -2.41. The minimum Gasteiger partial charge on any atom is -0.380 e. The fourth-order valence-electron chi connectivity index (χ4n) is 3.79. The maximum atomic E-state index is 5.72. The summed E-state index contributed by atoms with van der Waals surface area (Å²) in [5.41, 5.74) is 1.32. The molecule has 3 rings (SSSR count). The molecule has 0 saturated carbocycles. The van der Waals surface area contributed by atoms with Crippen LogP contribution in [-0.4, -0.2) is 71.6 Å². The molecule has 2 saturated heterocycles. The van der Waals surface area contributed by atoms with Gasteiger partial charge in [-0.15, -0.1) is 0 Å². The van der Waals surface area contributed by atoms with Gasteiger partial charge in [0.05, 0.1) is 12.3 Å². The van der Waals surface area contributed by atoms with Gasteiger partial charge >= 0.3 is 0 Å². The smallest absolute Gasteiger partial charge is 0.0741 e. The topological polar surface area (TPSA) is 33.5 Å². The van der Waals surface area contributed by atoms with Crippen molar-refractivity contribution in [3.63, 3.8) is 0 Å². The first-order valence-corrected chi connectivity index (χ1v) is 8.23. The number of aryl methyl sites for hydroxylation is 1. The zero-order chi connectivity index (χ0) is 14.7. The highest BCUT2D eigenvalue weighted by Crippen LogP contribution is 2.24. The molecule has 0 unspecified atom stereocenters. The number of hydrogen-bond acceptors (Lipinski definition) is 4. The van der Waals surface area contributed by atoms with Gasteiger partial charge in [0.15, 0.2) is 0 Å². The van der Waals surface area contributed by atoms with Crippen molar-refractivity contribution in [3.05, 3.63) is 18.0 Å². The molecule has 5 heteroatoms. The lowest BCUT2D eigenvalue weighted by molar-refractivity contribution is 0.0635. The van der Waals surface area contributed by atoms with Crippen LogP contribution in [0.5, 0.6) is 0 Å². The number of methoxy groups -OCH3 is 1. The van der Waals surface area contributed by atoms with Crippen LogP contribution in [0.15, 0.2) is 12.4 Å². The fourth-order valence-corrected chi connectivity index (χ4v) is 3.79. The molecule has 0 amide bonds. The molecule has 0 bridgehead atoms. The largest absolute Gasteiger partial charge is 0.380 e. The van der Waals surface area contributed by atoms with Gasteiger partial charge in [-0.25, -0.2) is 0 Å². The Bertz CT molecular complexity index is 441. The van der Waals surface area contributed by atoms with Gasteiger partial charge in [0.1, 0.15) is 0 Å². The van der Waals surface area contributed by atoms with Crippen LogP contribution in [0.25, 0.3) is 0 Å². The Labute approximate surface area is 127 Å². The average Bonchev–Trinajstić information content (AvgIpc) is 3.19. The zero-order valence-electron chi connectivity index (χ0n) is 13.4. The summed E-state index contributed by atoms with van der Waals surface area (Å²) < 4.78 is 7.61. The third-order valence-electron chi connectivity index (χ3n) is 5.01. The number of ether oxygens (including phenoxy) is 1. The van der Waals surface area contributed by atoms with E-state index in [1.54, 1.807) is 0 Å². The van der Waals surface area contributed by atoms with Crippen LogP contribution in [0.3, 0.4) is 0 Å². The van der Waals surface area contributed by atoms with E-state index in [1.165, 1.54) is 44.6 Å². The maximum absolute atomic E-state index is 5.72. The number of rotatable bonds is 6. The molecule has 2 aliphatic rings. The fraction of sp³-hybridized carbons (Fsp3) is 0.812. The molecule has 118 valence electrons. The van der Waals surface area contributed by atoms with E-state index in [-0.39, 0.29) is 0 Å². The van der Waals surface area contributed by atoms with Gasteiger partial charge in [0, 0.05) is 46.0 Å². The Hall–Kier alpha value is -0.910. The number of likely N-dealkylation sites (tertiary alicyclic amines) is 2. The molecule has 2 atom stereocenters. The first-order chi connectivity index (χ1) is 10.3. The summed E-state index contributed by atoms with van der Waals surface area (Å²) >= 11 is 0. The van der Waals surface area contributed by atoms with Crippen molar-refractivity contribution < 1.29 is 4.74 Å². The second-order valence-corrected chi connectivity index (χ2v) is 6.44. The van der Waals surface area contributed by atoms with Crippen LogP contribution < -0.4 is 0 Å². The van der Waals surface area contributed by atoms with Crippen molar-refractivity contribution >= 4 is 0 Å². The number of hydrogen-bond donors (Lipinski definition) is 0. The predicted octanol–water partition coefficient (Wildman–Crippen LogP) is 1.15. The molecule has 21 heavy (non-hydrogen) atoms. The summed E-state index contributed by atoms with van der Waals surface area (Å²) in [7, 11) is 3.84. The van der Waals surface area contributed by atoms with Gasteiger partial charge in [-0.05, 0) is 44.3 Å². The minimum absolute atomic E-state index is 0.365. The summed E-state index contributed by atoms with van der Waals surface area (Å²) in [4.78, 5) is 5.22. The van der Waals surface area contributed by atoms with Crippen molar-refractivity contribution in [2.24, 2.45) is 7.05 Å². The van der Waals surface area contributed by atoms with Crippen LogP contribution in [-0.2, 0) is 18.2 Å². The Morgan fingerprint density at radius 3 is 2.71 bits per heavy atom. The van der Waals surface area contributed by atoms with E-state index in [1.807, 2.05) is 25.0 Å². The summed E-state index contributed by atoms with van der Waals surface area (Å²) in [5.74, 6) is 0. The van der Waals surface area contributed by atoms with E-state index in [0.717, 1.165) is 19.4 Å². The highest BCUT2D eigenvalue weighted by molar-refractivity contribution is 5.08. The molecule has 1 aromatic rings. The lowest BCUT2D eigenvalue weighted by atomic mass is 10.0. The van der Waals surface area contributed by atoms with Crippen LogP contribution in [0.4, 0.5) is 0 Å². The standard InChI is InChI=1S/C16H28N4O/c1-18-13-14(12-17-18)11-15-16(21-2)5-8-20(15)10-9-19-6-3-4-7-19/h12-13,15-16H,3-11H2,1-2H3/t15-,16-/m0/s1. The van der Waals surface area contributed by atoms with E-state index < -0.39 is 0 Å². The summed E-state index contributed by atoms with van der Waals surface area (Å²) in [6.07, 6.45) is 9.43. The molecular formula is C16H28N4O. The molecule has 0 N–H and O–H groups in total. The first kappa shape index (κ1) is 15.0. The Morgan fingerprint density at radius 2 is 2.05 bits per heavy atom. The molecule has 5 nitrogen and oxygen atoms in total. The lowest BCUT2D eigenvalue weighted by Gasteiger charge is -2.29. The van der Waals surface area contributed by atoms with E-state index in [2.05, 4.69) is 21.1 Å². The second-order valence-electron chi connectivity index (χ2n) is 6.44. The molecule has 2 aliphatic heterocycles. The van der Waals surface area contributed by atoms with E-state index >= 15 is 0 Å². The number of nitrogens with zero attached hydrogens (tertiary/aromatic N) is 4. The van der Waals surface area contributed by atoms with Crippen LogP contribution in [0.2, 0.25) is 0 Å². The van der Waals surface area contributed by atoms with Crippen molar-refractivity contribution in [1.29, 1.82) is 0 Å². The van der Waals surface area contributed by atoms with E-state index in [0.29, 0.717) is 12.1 Å². The Kier molecular flexibility index (Phi) is 4.93. The quantitative estimate of drug-likeness (QED) is 0.787. The molecule has 0 spiro atoms. The molecule has 1 aromatic heterocycles. The summed E-state index contributed by atoms with van der Waals surface area (Å²) in [5, 5.41) is 4.29. The highest BCUT2D eigenvalue weighted by atomic mass is 16.5. The third-order valence-corrected chi connectivity index (χ3v) is 5.01. The normalized spacial score (nSPS) is 27.7. The van der Waals surface area contributed by atoms with Crippen molar-refractivity contribution in [2.45, 2.75) is 37.8 Å². The summed E-state index contributed by atoms with van der Waals surface area (Å²) in [6, 6.07) is 0.502. The zero-order valence-corrected chi connectivity index (χ0v) is 13.4. The third kappa shape index (κ3) is 3.65. The molecular weight excluding hydrogens is 264 g/mol. The van der Waals surface area contributed by atoms with Crippen molar-refractivity contribution in [1.82, 2.24) is 19.6 Å². The monoisotopic (exact) mass is 292 g/mol. The van der Waals surface area contributed by atoms with Gasteiger partial charge in [0.2, 0.25) is 0 Å². The van der Waals surface area contributed by atoms with Crippen LogP contribution >= 0.6 is 0 Å². The van der Waals surface area contributed by atoms with E-state index in [4.69, 9.17) is 4.74 Å². The molecule has 2 fully saturated rings. The molecule has 0 aliphatic carbocycles. The highest BCUT2D eigenvalue weighted by Gasteiger charge is 2.34. The van der Waals surface area contributed by atoms with Gasteiger partial charge in [-0.3, -0.25) is 9.58 Å². The van der Waals surface area contributed by atoms with Gasteiger partial charge in [-0.1, -0.05) is 0 Å². The minimum atomic E-state index is 0.365. The Morgan fingerprint density at radius 1 is 1.24 bits per heavy atom. The van der Waals surface area contributed by atoms with Crippen molar-refractivity contribution in [3.8, 4) is 0 Å². The Balaban J connectivity index is 1.58. The molecule has 0 aromatic carbocycles. The average molecular weight is 292 g/mol. The van der Waals surface area contributed by atoms with Gasteiger partial charge in [-0.2, -0.15) is 5.10 Å². The molecule has 0 radical (unpaired) electrons. The van der Waals surface area contributed by atoms with E-state index in [9.17, 15) is 0 Å². The summed E-state index contributed by atoms with van der Waals surface area (Å²) in [6.45, 7) is 6.12. The van der Waals surface area contributed by atoms with Crippen LogP contribution in [0, 0.1) is 0 Å². The predicted molar refractivity (Wildman–Crippen MR) is 83.4 cm³/mol. The molecule has 3 heterocycles. The van der Waals surface area contributed by atoms with Gasteiger partial charge < -0.3 is 9.64 Å². The second kappa shape index (κ2) is 6.90. The van der Waals surface area contributed by atoms with Crippen LogP contribution in [0.1, 0.15) is 24.8 Å². The first-order valence-electron chi connectivity index (χ1n) is 8.23. The maximum Gasteiger partial charge on any atom is 0.0741 e. The van der Waals surface area contributed by atoms with Gasteiger partial charge in [0.25, 0.3) is 0 Å². The SMILES string of the molecule is CO[C@H]1CCN(CCN2CCCC2)[C@H]1Cc1cnn(C)c1. The van der Waals surface area contributed by atoms with Crippen molar-refractivity contribution in [2.75, 3.05) is 39.8 Å².